The molecule has 2 rings (SSSR count). The number of rotatable bonds is 8. The highest BCUT2D eigenvalue weighted by molar-refractivity contribution is 5.80. The van der Waals surface area contributed by atoms with Gasteiger partial charge in [0, 0.05) is 32.5 Å². The lowest BCUT2D eigenvalue weighted by Gasteiger charge is -2.37. The number of carbonyl (C=O) groups excluding carboxylic acids is 2. The van der Waals surface area contributed by atoms with Crippen molar-refractivity contribution in [2.45, 2.75) is 59.3 Å². The molecule has 2 N–H and O–H groups in total. The summed E-state index contributed by atoms with van der Waals surface area (Å²) in [6.45, 7) is 8.80. The van der Waals surface area contributed by atoms with Crippen LogP contribution in [0, 0.1) is 23.7 Å². The van der Waals surface area contributed by atoms with Crippen molar-refractivity contribution in [1.82, 2.24) is 10.2 Å². The third-order valence-electron chi connectivity index (χ3n) is 6.06. The molecule has 152 valence electrons. The smallest absolute Gasteiger partial charge is 0.303 e. The highest BCUT2D eigenvalue weighted by Crippen LogP contribution is 2.39. The fraction of sp³-hybridized carbons (Fsp3) is 0.762. The molecule has 1 fully saturated rings. The number of likely N-dealkylation sites (tertiary alicyclic amines) is 1. The summed E-state index contributed by atoms with van der Waals surface area (Å²) >= 11 is 0. The van der Waals surface area contributed by atoms with E-state index in [1.165, 1.54) is 5.57 Å². The van der Waals surface area contributed by atoms with Gasteiger partial charge in [0.2, 0.25) is 11.8 Å². The maximum absolute atomic E-state index is 12.6. The maximum atomic E-state index is 12.6. The molecule has 6 nitrogen and oxygen atoms in total. The van der Waals surface area contributed by atoms with E-state index in [1.54, 1.807) is 0 Å². The van der Waals surface area contributed by atoms with Crippen LogP contribution in [0.3, 0.4) is 0 Å². The number of carboxylic acids is 1. The zero-order chi connectivity index (χ0) is 20.0. The van der Waals surface area contributed by atoms with E-state index in [1.807, 2.05) is 4.90 Å². The first-order chi connectivity index (χ1) is 12.8. The van der Waals surface area contributed by atoms with Crippen LogP contribution in [0.5, 0.6) is 0 Å². The quantitative estimate of drug-likeness (QED) is 0.636. The minimum Gasteiger partial charge on any atom is -0.481 e. The molecular formula is C21H34N2O4. The molecule has 2 amide bonds. The van der Waals surface area contributed by atoms with Crippen LogP contribution in [0.4, 0.5) is 0 Å². The molecule has 0 saturated carbocycles. The van der Waals surface area contributed by atoms with Gasteiger partial charge in [-0.2, -0.15) is 0 Å². The van der Waals surface area contributed by atoms with Gasteiger partial charge < -0.3 is 15.3 Å². The summed E-state index contributed by atoms with van der Waals surface area (Å²) in [4.78, 5) is 37.0. The molecule has 6 heteroatoms. The van der Waals surface area contributed by atoms with Crippen LogP contribution < -0.4 is 5.32 Å². The van der Waals surface area contributed by atoms with Crippen molar-refractivity contribution < 1.29 is 19.5 Å². The lowest BCUT2D eigenvalue weighted by atomic mass is 9.69. The monoisotopic (exact) mass is 378 g/mol. The van der Waals surface area contributed by atoms with E-state index < -0.39 is 5.97 Å². The fourth-order valence-electron chi connectivity index (χ4n) is 4.35. The van der Waals surface area contributed by atoms with Crippen molar-refractivity contribution in [3.8, 4) is 0 Å². The molecule has 0 aromatic carbocycles. The number of nitrogens with zero attached hydrogens (tertiary/aromatic N) is 1. The summed E-state index contributed by atoms with van der Waals surface area (Å²) in [7, 11) is 0. The summed E-state index contributed by atoms with van der Waals surface area (Å²) in [5.41, 5.74) is 1.24. The average Bonchev–Trinajstić information content (AvgIpc) is 3.14. The lowest BCUT2D eigenvalue weighted by Crippen LogP contribution is -2.38. The summed E-state index contributed by atoms with van der Waals surface area (Å²) in [6.07, 6.45) is 5.89. The van der Waals surface area contributed by atoms with E-state index >= 15 is 0 Å². The van der Waals surface area contributed by atoms with E-state index in [2.05, 4.69) is 32.2 Å². The van der Waals surface area contributed by atoms with Gasteiger partial charge in [0.25, 0.3) is 0 Å². The predicted octanol–water partition coefficient (Wildman–Crippen LogP) is 2.83. The number of hydrogen-bond acceptors (Lipinski definition) is 3. The lowest BCUT2D eigenvalue weighted by molar-refractivity contribution is -0.138. The Labute approximate surface area is 162 Å². The van der Waals surface area contributed by atoms with E-state index in [-0.39, 0.29) is 36.5 Å². The number of aliphatic carboxylic acids is 1. The number of allylic oxidation sites excluding steroid dienone is 1. The minimum atomic E-state index is -0.955. The Bertz CT molecular complexity index is 579. The second kappa shape index (κ2) is 9.90. The highest BCUT2D eigenvalue weighted by Gasteiger charge is 2.33. The first-order valence-corrected chi connectivity index (χ1v) is 10.2. The molecule has 0 aromatic heterocycles. The standard InChI is InChI=1S/C21H34N2O4/c1-14(2)18-11-16(12-20(25)23-8-4-5-9-23)15(3)10-17(18)13-22-19(24)6-7-21(26)27/h10,14,16-18H,4-9,11-13H2,1-3H3,(H,22,24)(H,26,27)/t16-,17-,18-/m0/s1. The molecule has 1 heterocycles. The molecule has 0 radical (unpaired) electrons. The van der Waals surface area contributed by atoms with Crippen LogP contribution in [0.2, 0.25) is 0 Å². The van der Waals surface area contributed by atoms with Crippen LogP contribution in [-0.2, 0) is 14.4 Å². The molecule has 1 aliphatic heterocycles. The van der Waals surface area contributed by atoms with Gasteiger partial charge in [0.1, 0.15) is 0 Å². The first-order valence-electron chi connectivity index (χ1n) is 10.2. The molecule has 1 saturated heterocycles. The first kappa shape index (κ1) is 21.5. The number of amides is 2. The second-order valence-corrected chi connectivity index (χ2v) is 8.40. The Morgan fingerprint density at radius 2 is 1.89 bits per heavy atom. The SMILES string of the molecule is CC1=C[C@@H](CNC(=O)CCC(=O)O)[C@H](C(C)C)C[C@H]1CC(=O)N1CCCC1. The van der Waals surface area contributed by atoms with Crippen molar-refractivity contribution in [3.05, 3.63) is 11.6 Å². The van der Waals surface area contributed by atoms with E-state index in [0.717, 1.165) is 32.4 Å². The molecule has 1 aliphatic carbocycles. The summed E-state index contributed by atoms with van der Waals surface area (Å²) in [5.74, 6) is 0.487. The Morgan fingerprint density at radius 1 is 1.22 bits per heavy atom. The van der Waals surface area contributed by atoms with Crippen molar-refractivity contribution >= 4 is 17.8 Å². The minimum absolute atomic E-state index is 0.0179. The van der Waals surface area contributed by atoms with Gasteiger partial charge in [-0.05, 0) is 49.9 Å². The number of carboxylic acid groups (broad SMARTS) is 1. The van der Waals surface area contributed by atoms with Gasteiger partial charge in [-0.15, -0.1) is 0 Å². The van der Waals surface area contributed by atoms with Crippen molar-refractivity contribution in [1.29, 1.82) is 0 Å². The number of carbonyl (C=O) groups is 3. The molecule has 0 spiro atoms. The fourth-order valence-corrected chi connectivity index (χ4v) is 4.35. The molecule has 0 bridgehead atoms. The molecular weight excluding hydrogens is 344 g/mol. The van der Waals surface area contributed by atoms with Crippen molar-refractivity contribution in [3.63, 3.8) is 0 Å². The van der Waals surface area contributed by atoms with Crippen LogP contribution in [0.25, 0.3) is 0 Å². The van der Waals surface area contributed by atoms with Crippen molar-refractivity contribution in [2.24, 2.45) is 23.7 Å². The average molecular weight is 379 g/mol. The topological polar surface area (TPSA) is 86.7 Å². The van der Waals surface area contributed by atoms with Gasteiger partial charge >= 0.3 is 5.97 Å². The second-order valence-electron chi connectivity index (χ2n) is 8.40. The summed E-state index contributed by atoms with van der Waals surface area (Å²) in [6, 6.07) is 0. The molecule has 3 atom stereocenters. The zero-order valence-electron chi connectivity index (χ0n) is 16.9. The normalized spacial score (nSPS) is 25.4. The summed E-state index contributed by atoms with van der Waals surface area (Å²) < 4.78 is 0. The van der Waals surface area contributed by atoms with Crippen molar-refractivity contribution in [2.75, 3.05) is 19.6 Å². The van der Waals surface area contributed by atoms with Crippen LogP contribution >= 0.6 is 0 Å². The molecule has 27 heavy (non-hydrogen) atoms. The van der Waals surface area contributed by atoms with E-state index in [9.17, 15) is 14.4 Å². The van der Waals surface area contributed by atoms with Crippen LogP contribution in [-0.4, -0.2) is 47.4 Å². The Hall–Kier alpha value is -1.85. The van der Waals surface area contributed by atoms with Gasteiger partial charge in [-0.25, -0.2) is 0 Å². The maximum Gasteiger partial charge on any atom is 0.303 e. The van der Waals surface area contributed by atoms with Gasteiger partial charge in [-0.1, -0.05) is 25.5 Å². The third-order valence-corrected chi connectivity index (χ3v) is 6.06. The predicted molar refractivity (Wildman–Crippen MR) is 104 cm³/mol. The Morgan fingerprint density at radius 3 is 2.48 bits per heavy atom. The zero-order valence-corrected chi connectivity index (χ0v) is 16.9. The molecule has 0 unspecified atom stereocenters. The number of hydrogen-bond donors (Lipinski definition) is 2. The van der Waals surface area contributed by atoms with Gasteiger partial charge in [0.05, 0.1) is 6.42 Å². The van der Waals surface area contributed by atoms with Gasteiger partial charge in [0.15, 0.2) is 0 Å². The van der Waals surface area contributed by atoms with Gasteiger partial charge in [-0.3, -0.25) is 14.4 Å². The summed E-state index contributed by atoms with van der Waals surface area (Å²) in [5, 5.41) is 11.6. The van der Waals surface area contributed by atoms with Crippen LogP contribution in [0.15, 0.2) is 11.6 Å². The van der Waals surface area contributed by atoms with Crippen LogP contribution in [0.1, 0.15) is 59.3 Å². The number of nitrogens with one attached hydrogen (secondary N) is 1. The van der Waals surface area contributed by atoms with E-state index in [0.29, 0.717) is 24.8 Å². The molecule has 2 aliphatic rings. The Balaban J connectivity index is 1.95. The third kappa shape index (κ3) is 6.36. The highest BCUT2D eigenvalue weighted by atomic mass is 16.4. The molecule has 0 aromatic rings. The Kier molecular flexibility index (Phi) is 7.87. The van der Waals surface area contributed by atoms with E-state index in [4.69, 9.17) is 5.11 Å². The largest absolute Gasteiger partial charge is 0.481 e.